The number of anilines is 1. The van der Waals surface area contributed by atoms with Gasteiger partial charge < -0.3 is 20.4 Å². The van der Waals surface area contributed by atoms with E-state index >= 15 is 0 Å². The number of hydrogen-bond donors (Lipinski definition) is 2. The second-order valence-corrected chi connectivity index (χ2v) is 10.8. The Bertz CT molecular complexity index is 873. The highest BCUT2D eigenvalue weighted by Crippen LogP contribution is 2.32. The lowest BCUT2D eigenvalue weighted by Gasteiger charge is -2.41. The van der Waals surface area contributed by atoms with Crippen LogP contribution < -0.4 is 10.6 Å². The average Bonchev–Trinajstić information content (AvgIpc) is 3.15. The van der Waals surface area contributed by atoms with Gasteiger partial charge in [-0.2, -0.15) is 0 Å². The first-order chi connectivity index (χ1) is 14.5. The molecule has 7 heteroatoms. The maximum absolute atomic E-state index is 13.1. The minimum atomic E-state index is -0.0838. The Kier molecular flexibility index (Phi) is 5.85. The van der Waals surface area contributed by atoms with Crippen LogP contribution in [-0.4, -0.2) is 70.5 Å². The van der Waals surface area contributed by atoms with E-state index in [1.165, 1.54) is 16.8 Å². The monoisotopic (exact) mass is 426 g/mol. The first-order valence-electron chi connectivity index (χ1n) is 11.6. The van der Waals surface area contributed by atoms with Crippen LogP contribution in [0.5, 0.6) is 0 Å². The van der Waals surface area contributed by atoms with Crippen molar-refractivity contribution in [3.63, 3.8) is 0 Å². The summed E-state index contributed by atoms with van der Waals surface area (Å²) in [7, 11) is 4.07. The van der Waals surface area contributed by atoms with Crippen molar-refractivity contribution >= 4 is 11.7 Å². The lowest BCUT2D eigenvalue weighted by Crippen LogP contribution is -2.54. The zero-order chi connectivity index (χ0) is 22.4. The van der Waals surface area contributed by atoms with E-state index in [-0.39, 0.29) is 22.9 Å². The molecule has 0 spiro atoms. The van der Waals surface area contributed by atoms with Crippen LogP contribution in [-0.2, 0) is 17.8 Å². The molecule has 0 aromatic carbocycles. The number of carbonyl (C=O) groups is 1. The highest BCUT2D eigenvalue weighted by atomic mass is 16.2. The molecule has 1 aromatic rings. The smallest absolute Gasteiger partial charge is 0.226 e. The zero-order valence-electron chi connectivity index (χ0n) is 20.0. The number of likely N-dealkylation sites (tertiary alicyclic amines) is 1. The Morgan fingerprint density at radius 1 is 1.26 bits per heavy atom. The summed E-state index contributed by atoms with van der Waals surface area (Å²) in [5, 5.41) is 6.92. The topological polar surface area (TPSA) is 73.4 Å². The van der Waals surface area contributed by atoms with Gasteiger partial charge in [-0.15, -0.1) is 0 Å². The molecule has 0 unspecified atom stereocenters. The van der Waals surface area contributed by atoms with Crippen molar-refractivity contribution in [1.82, 2.24) is 25.1 Å². The maximum Gasteiger partial charge on any atom is 0.226 e. The Balaban J connectivity index is 1.45. The van der Waals surface area contributed by atoms with Gasteiger partial charge in [-0.05, 0) is 47.6 Å². The molecule has 4 heterocycles. The van der Waals surface area contributed by atoms with Gasteiger partial charge in [-0.25, -0.2) is 9.97 Å². The fraction of sp³-hybridized carbons (Fsp3) is 0.708. The number of nitrogens with one attached hydrogen (secondary N) is 2. The lowest BCUT2D eigenvalue weighted by atomic mass is 9.82. The van der Waals surface area contributed by atoms with Crippen molar-refractivity contribution in [3.8, 4) is 0 Å². The molecule has 1 fully saturated rings. The van der Waals surface area contributed by atoms with Crippen molar-refractivity contribution in [1.29, 1.82) is 0 Å². The fourth-order valence-electron chi connectivity index (χ4n) is 5.66. The van der Waals surface area contributed by atoms with Crippen molar-refractivity contribution < 1.29 is 4.79 Å². The molecular formula is C24H38N6O. The molecule has 0 aliphatic carbocycles. The third-order valence-electron chi connectivity index (χ3n) is 6.68. The van der Waals surface area contributed by atoms with E-state index in [0.717, 1.165) is 57.1 Å². The van der Waals surface area contributed by atoms with Crippen molar-refractivity contribution in [2.75, 3.05) is 39.0 Å². The van der Waals surface area contributed by atoms with Gasteiger partial charge in [0.25, 0.3) is 0 Å². The largest absolute Gasteiger partial charge is 0.373 e. The van der Waals surface area contributed by atoms with Crippen LogP contribution in [0.1, 0.15) is 70.0 Å². The summed E-state index contributed by atoms with van der Waals surface area (Å²) in [5.41, 5.74) is 3.56. The maximum atomic E-state index is 13.1. The number of amides is 1. The van der Waals surface area contributed by atoms with Crippen LogP contribution in [0.25, 0.3) is 0 Å². The molecule has 3 aliphatic heterocycles. The fourth-order valence-corrected chi connectivity index (χ4v) is 5.66. The van der Waals surface area contributed by atoms with Crippen LogP contribution >= 0.6 is 0 Å². The summed E-state index contributed by atoms with van der Waals surface area (Å²) in [4.78, 5) is 27.2. The van der Waals surface area contributed by atoms with Crippen LogP contribution in [0.4, 0.5) is 5.82 Å². The van der Waals surface area contributed by atoms with Gasteiger partial charge in [0.1, 0.15) is 11.6 Å². The SMILES string of the molecule is CNc1nc([C@@H]2CCN(C(=O)CC3=CC(C)(C)NC(C)(C)C3)C2)nc2c1CN(C)CC2. The number of hydrogen-bond acceptors (Lipinski definition) is 6. The molecular weight excluding hydrogens is 388 g/mol. The molecule has 2 N–H and O–H groups in total. The summed E-state index contributed by atoms with van der Waals surface area (Å²) in [6.45, 7) is 12.2. The quantitative estimate of drug-likeness (QED) is 0.721. The number of fused-ring (bicyclic) bond motifs is 1. The molecule has 3 aliphatic rings. The van der Waals surface area contributed by atoms with Crippen LogP contribution in [0.2, 0.25) is 0 Å². The van der Waals surface area contributed by atoms with Crippen LogP contribution in [0.15, 0.2) is 11.6 Å². The number of carbonyl (C=O) groups excluding carboxylic acids is 1. The summed E-state index contributed by atoms with van der Waals surface area (Å²) in [6.07, 6.45) is 5.56. The van der Waals surface area contributed by atoms with E-state index in [2.05, 4.69) is 56.4 Å². The highest BCUT2D eigenvalue weighted by Gasteiger charge is 2.35. The molecule has 31 heavy (non-hydrogen) atoms. The molecule has 0 saturated carbocycles. The third kappa shape index (κ3) is 4.93. The van der Waals surface area contributed by atoms with Gasteiger partial charge in [0.2, 0.25) is 5.91 Å². The van der Waals surface area contributed by atoms with Crippen LogP contribution in [0.3, 0.4) is 0 Å². The van der Waals surface area contributed by atoms with Gasteiger partial charge in [-0.1, -0.05) is 11.6 Å². The van der Waals surface area contributed by atoms with E-state index in [0.29, 0.717) is 6.42 Å². The minimum absolute atomic E-state index is 0.00992. The minimum Gasteiger partial charge on any atom is -0.373 e. The number of likely N-dealkylation sites (N-methyl/N-ethyl adjacent to an activating group) is 1. The Hall–Kier alpha value is -1.99. The molecule has 1 saturated heterocycles. The molecule has 170 valence electrons. The van der Waals surface area contributed by atoms with E-state index in [1.54, 1.807) is 0 Å². The first-order valence-corrected chi connectivity index (χ1v) is 11.6. The Labute approximate surface area is 186 Å². The normalized spacial score (nSPS) is 25.2. The summed E-state index contributed by atoms with van der Waals surface area (Å²) < 4.78 is 0. The molecule has 0 bridgehead atoms. The predicted octanol–water partition coefficient (Wildman–Crippen LogP) is 2.69. The predicted molar refractivity (Wildman–Crippen MR) is 124 cm³/mol. The molecule has 4 rings (SSSR count). The van der Waals surface area contributed by atoms with Gasteiger partial charge in [0, 0.05) is 68.6 Å². The van der Waals surface area contributed by atoms with Gasteiger partial charge in [0.05, 0.1) is 5.69 Å². The van der Waals surface area contributed by atoms with E-state index < -0.39 is 0 Å². The van der Waals surface area contributed by atoms with Gasteiger partial charge in [-0.3, -0.25) is 4.79 Å². The van der Waals surface area contributed by atoms with Crippen molar-refractivity contribution in [3.05, 3.63) is 28.7 Å². The molecule has 0 radical (unpaired) electrons. The first kappa shape index (κ1) is 22.2. The van der Waals surface area contributed by atoms with Gasteiger partial charge in [0.15, 0.2) is 0 Å². The third-order valence-corrected chi connectivity index (χ3v) is 6.68. The van der Waals surface area contributed by atoms with Gasteiger partial charge >= 0.3 is 0 Å². The second kappa shape index (κ2) is 8.17. The van der Waals surface area contributed by atoms with E-state index in [4.69, 9.17) is 9.97 Å². The molecule has 1 amide bonds. The summed E-state index contributed by atoms with van der Waals surface area (Å²) >= 11 is 0. The number of aromatic nitrogens is 2. The Morgan fingerprint density at radius 2 is 2.03 bits per heavy atom. The second-order valence-electron chi connectivity index (χ2n) is 10.8. The number of rotatable bonds is 4. The van der Waals surface area contributed by atoms with E-state index in [1.807, 2.05) is 11.9 Å². The number of nitrogens with zero attached hydrogens (tertiary/aromatic N) is 4. The zero-order valence-corrected chi connectivity index (χ0v) is 20.0. The summed E-state index contributed by atoms with van der Waals surface area (Å²) in [5.74, 6) is 2.29. The molecule has 7 nitrogen and oxygen atoms in total. The Morgan fingerprint density at radius 3 is 2.74 bits per heavy atom. The van der Waals surface area contributed by atoms with Crippen LogP contribution in [0, 0.1) is 0 Å². The lowest BCUT2D eigenvalue weighted by molar-refractivity contribution is -0.129. The highest BCUT2D eigenvalue weighted by molar-refractivity contribution is 5.79. The van der Waals surface area contributed by atoms with Crippen molar-refractivity contribution in [2.45, 2.75) is 76.9 Å². The molecule has 1 atom stereocenters. The summed E-state index contributed by atoms with van der Waals surface area (Å²) in [6, 6.07) is 0. The van der Waals surface area contributed by atoms with E-state index in [9.17, 15) is 4.79 Å². The standard InChI is InChI=1S/C24H38N6O/c1-23(2)12-16(13-24(3,4)28-23)11-20(31)30-10-7-17(14-30)21-26-19-8-9-29(6)15-18(19)22(25-5)27-21/h12,17,28H,7-11,13-15H2,1-6H3,(H,25,26,27)/t17-/m1/s1. The van der Waals surface area contributed by atoms with Crippen molar-refractivity contribution in [2.24, 2.45) is 0 Å². The molecule has 1 aromatic heterocycles. The average molecular weight is 427 g/mol.